The van der Waals surface area contributed by atoms with Crippen LogP contribution in [-0.4, -0.2) is 0 Å². The van der Waals surface area contributed by atoms with Gasteiger partial charge in [0.25, 0.3) is 0 Å². The molecule has 0 nitrogen and oxygen atoms in total. The van der Waals surface area contributed by atoms with Crippen molar-refractivity contribution in [3.05, 3.63) is 47.5 Å². The third-order valence-corrected chi connectivity index (χ3v) is 2.39. The minimum absolute atomic E-state index is 1.25. The molecule has 1 rings (SSSR count). The summed E-state index contributed by atoms with van der Waals surface area (Å²) in [6.45, 7) is 10.1. The Bertz CT molecular complexity index is 343. The molecule has 0 saturated carbocycles. The lowest BCUT2D eigenvalue weighted by Gasteiger charge is -2.08. The van der Waals surface area contributed by atoms with E-state index >= 15 is 0 Å². The predicted octanol–water partition coefficient (Wildman–Crippen LogP) is 4.06. The Kier molecular flexibility index (Phi) is 3.07. The molecule has 0 spiro atoms. The van der Waals surface area contributed by atoms with Gasteiger partial charge in [-0.25, -0.2) is 0 Å². The summed E-state index contributed by atoms with van der Waals surface area (Å²) in [4.78, 5) is 0. The highest BCUT2D eigenvalue weighted by Crippen LogP contribution is 2.22. The zero-order chi connectivity index (χ0) is 9.84. The Hall–Kier alpha value is -1.30. The smallest absolute Gasteiger partial charge is 0.0156 e. The average molecular weight is 172 g/mol. The van der Waals surface area contributed by atoms with Gasteiger partial charge in [0.15, 0.2) is 0 Å². The van der Waals surface area contributed by atoms with Gasteiger partial charge >= 0.3 is 0 Å². The van der Waals surface area contributed by atoms with Gasteiger partial charge in [0, 0.05) is 0 Å². The van der Waals surface area contributed by atoms with Crippen LogP contribution in [0, 0.1) is 6.92 Å². The first kappa shape index (κ1) is 9.79. The molecule has 0 radical (unpaired) electrons. The molecular weight excluding hydrogens is 156 g/mol. The second kappa shape index (κ2) is 4.08. The van der Waals surface area contributed by atoms with Crippen LogP contribution in [0.25, 0.3) is 11.6 Å². The van der Waals surface area contributed by atoms with Crippen molar-refractivity contribution in [1.29, 1.82) is 0 Å². The molecule has 0 bridgehead atoms. The van der Waals surface area contributed by atoms with E-state index < -0.39 is 0 Å². The van der Waals surface area contributed by atoms with E-state index in [1.165, 1.54) is 22.3 Å². The number of hydrogen-bond acceptors (Lipinski definition) is 0. The fraction of sp³-hybridized carbons (Fsp3) is 0.231. The lowest BCUT2D eigenvalue weighted by atomic mass is 9.97. The summed E-state index contributed by atoms with van der Waals surface area (Å²) >= 11 is 0. The van der Waals surface area contributed by atoms with Crippen LogP contribution in [0.1, 0.15) is 30.5 Å². The Labute approximate surface area is 80.6 Å². The van der Waals surface area contributed by atoms with Crippen LogP contribution in [0.15, 0.2) is 30.9 Å². The molecule has 0 heterocycles. The maximum absolute atomic E-state index is 3.84. The largest absolute Gasteiger partial charge is 0.0984 e. The number of allylic oxidation sites excluding steroid dienone is 2. The van der Waals surface area contributed by atoms with Crippen LogP contribution < -0.4 is 0 Å². The van der Waals surface area contributed by atoms with Crippen molar-refractivity contribution in [1.82, 2.24) is 0 Å². The molecule has 0 amide bonds. The van der Waals surface area contributed by atoms with E-state index in [2.05, 4.69) is 51.6 Å². The van der Waals surface area contributed by atoms with Crippen LogP contribution in [0.3, 0.4) is 0 Å². The molecule has 1 aromatic carbocycles. The highest BCUT2D eigenvalue weighted by atomic mass is 14.1. The molecule has 1 aromatic rings. The van der Waals surface area contributed by atoms with Gasteiger partial charge < -0.3 is 0 Å². The second-order valence-electron chi connectivity index (χ2n) is 3.21. The van der Waals surface area contributed by atoms with E-state index in [1.807, 2.05) is 6.08 Å². The maximum atomic E-state index is 3.84. The quantitative estimate of drug-likeness (QED) is 0.631. The molecule has 68 valence electrons. The van der Waals surface area contributed by atoms with Gasteiger partial charge in [-0.3, -0.25) is 0 Å². The zero-order valence-electron chi connectivity index (χ0n) is 8.59. The van der Waals surface area contributed by atoms with Crippen molar-refractivity contribution in [3.63, 3.8) is 0 Å². The number of aryl methyl sites for hydroxylation is 1. The molecular formula is C13H16. The zero-order valence-corrected chi connectivity index (χ0v) is 8.59. The van der Waals surface area contributed by atoms with Gasteiger partial charge in [-0.2, -0.15) is 0 Å². The standard InChI is InChI=1S/C13H16/c1-5-10(3)13-9-7-8-11(4)12(13)6-2/h5-9H,2H2,1,3-4H3/b10-5-. The first-order valence-corrected chi connectivity index (χ1v) is 4.56. The molecule has 0 aromatic heterocycles. The van der Waals surface area contributed by atoms with E-state index in [0.717, 1.165) is 0 Å². The summed E-state index contributed by atoms with van der Waals surface area (Å²) in [6.07, 6.45) is 4.06. The highest BCUT2D eigenvalue weighted by molar-refractivity contribution is 5.74. The topological polar surface area (TPSA) is 0 Å². The molecule has 13 heavy (non-hydrogen) atoms. The molecule has 0 heteroatoms. The van der Waals surface area contributed by atoms with Gasteiger partial charge in [-0.1, -0.05) is 36.9 Å². The van der Waals surface area contributed by atoms with E-state index in [-0.39, 0.29) is 0 Å². The van der Waals surface area contributed by atoms with Gasteiger partial charge in [-0.05, 0) is 43.0 Å². The lowest BCUT2D eigenvalue weighted by molar-refractivity contribution is 1.40. The molecule has 0 saturated heterocycles. The van der Waals surface area contributed by atoms with Gasteiger partial charge in [0.1, 0.15) is 0 Å². The second-order valence-corrected chi connectivity index (χ2v) is 3.21. The summed E-state index contributed by atoms with van der Waals surface area (Å²) in [5.74, 6) is 0. The summed E-state index contributed by atoms with van der Waals surface area (Å²) < 4.78 is 0. The van der Waals surface area contributed by atoms with Crippen molar-refractivity contribution in [2.24, 2.45) is 0 Å². The Morgan fingerprint density at radius 1 is 1.38 bits per heavy atom. The lowest BCUT2D eigenvalue weighted by Crippen LogP contribution is -1.88. The molecule has 0 unspecified atom stereocenters. The first-order chi connectivity index (χ1) is 6.20. The maximum Gasteiger partial charge on any atom is -0.0156 e. The fourth-order valence-electron chi connectivity index (χ4n) is 1.45. The number of benzene rings is 1. The number of hydrogen-bond donors (Lipinski definition) is 0. The van der Waals surface area contributed by atoms with E-state index in [4.69, 9.17) is 0 Å². The van der Waals surface area contributed by atoms with E-state index in [9.17, 15) is 0 Å². The van der Waals surface area contributed by atoms with Gasteiger partial charge in [-0.15, -0.1) is 0 Å². The van der Waals surface area contributed by atoms with Crippen LogP contribution in [-0.2, 0) is 0 Å². The molecule has 0 fully saturated rings. The predicted molar refractivity (Wildman–Crippen MR) is 60.6 cm³/mol. The van der Waals surface area contributed by atoms with E-state index in [1.54, 1.807) is 0 Å². The van der Waals surface area contributed by atoms with Crippen molar-refractivity contribution in [3.8, 4) is 0 Å². The Morgan fingerprint density at radius 2 is 2.08 bits per heavy atom. The minimum atomic E-state index is 1.25. The average Bonchev–Trinajstić information content (AvgIpc) is 2.16. The van der Waals surface area contributed by atoms with Crippen molar-refractivity contribution < 1.29 is 0 Å². The molecule has 0 aliphatic carbocycles. The van der Waals surface area contributed by atoms with Crippen LogP contribution >= 0.6 is 0 Å². The first-order valence-electron chi connectivity index (χ1n) is 4.56. The van der Waals surface area contributed by atoms with Crippen molar-refractivity contribution in [2.75, 3.05) is 0 Å². The van der Waals surface area contributed by atoms with Crippen LogP contribution in [0.4, 0.5) is 0 Å². The minimum Gasteiger partial charge on any atom is -0.0984 e. The fourth-order valence-corrected chi connectivity index (χ4v) is 1.45. The summed E-state index contributed by atoms with van der Waals surface area (Å²) in [7, 11) is 0. The molecule has 0 N–H and O–H groups in total. The SMILES string of the molecule is C=Cc1c(C)cccc1/C(C)=C\C. The highest BCUT2D eigenvalue weighted by Gasteiger charge is 2.02. The third-order valence-electron chi connectivity index (χ3n) is 2.39. The molecule has 0 aliphatic heterocycles. The Balaban J connectivity index is 3.36. The van der Waals surface area contributed by atoms with Crippen LogP contribution in [0.2, 0.25) is 0 Å². The van der Waals surface area contributed by atoms with Gasteiger partial charge in [0.2, 0.25) is 0 Å². The Morgan fingerprint density at radius 3 is 2.62 bits per heavy atom. The summed E-state index contributed by atoms with van der Waals surface area (Å²) in [5, 5.41) is 0. The van der Waals surface area contributed by atoms with Crippen LogP contribution in [0.5, 0.6) is 0 Å². The number of rotatable bonds is 2. The van der Waals surface area contributed by atoms with Crippen molar-refractivity contribution >= 4 is 11.6 Å². The monoisotopic (exact) mass is 172 g/mol. The molecule has 0 atom stereocenters. The van der Waals surface area contributed by atoms with E-state index in [0.29, 0.717) is 0 Å². The van der Waals surface area contributed by atoms with Crippen molar-refractivity contribution in [2.45, 2.75) is 20.8 Å². The third kappa shape index (κ3) is 1.89. The van der Waals surface area contributed by atoms with Gasteiger partial charge in [0.05, 0.1) is 0 Å². The summed E-state index contributed by atoms with van der Waals surface area (Å²) in [6, 6.07) is 6.34. The normalized spacial score (nSPS) is 11.5. The summed E-state index contributed by atoms with van der Waals surface area (Å²) in [5.41, 5.74) is 5.13. The molecule has 0 aliphatic rings.